The molecule has 2 aromatic heterocycles. The van der Waals surface area contributed by atoms with Crippen molar-refractivity contribution in [1.82, 2.24) is 25.2 Å². The second-order valence-corrected chi connectivity index (χ2v) is 11.9. The minimum Gasteiger partial charge on any atom is -0.389 e. The molecule has 0 saturated heterocycles. The smallest absolute Gasteiger partial charge is 0.253 e. The molecule has 4 N–H and O–H groups in total. The number of carbonyl (C=O) groups is 2. The lowest BCUT2D eigenvalue weighted by Gasteiger charge is -2.29. The van der Waals surface area contributed by atoms with E-state index in [-0.39, 0.29) is 30.2 Å². The molecule has 0 unspecified atom stereocenters. The second-order valence-electron chi connectivity index (χ2n) is 11.0. The van der Waals surface area contributed by atoms with E-state index in [0.29, 0.717) is 29.9 Å². The molecule has 0 spiro atoms. The van der Waals surface area contributed by atoms with Gasteiger partial charge < -0.3 is 26.0 Å². The number of thiazole rings is 1. The van der Waals surface area contributed by atoms with Gasteiger partial charge in [0.15, 0.2) is 0 Å². The Bertz CT molecular complexity index is 1540. The lowest BCUT2D eigenvalue weighted by Crippen LogP contribution is -2.49. The van der Waals surface area contributed by atoms with Crippen molar-refractivity contribution in [2.45, 2.75) is 51.8 Å². The van der Waals surface area contributed by atoms with Crippen LogP contribution in [-0.2, 0) is 13.0 Å². The van der Waals surface area contributed by atoms with E-state index in [9.17, 15) is 14.7 Å². The van der Waals surface area contributed by atoms with Gasteiger partial charge in [0.05, 0.1) is 24.4 Å². The van der Waals surface area contributed by atoms with Gasteiger partial charge in [-0.1, -0.05) is 50.2 Å². The van der Waals surface area contributed by atoms with Crippen molar-refractivity contribution >= 4 is 34.9 Å². The van der Waals surface area contributed by atoms with Crippen LogP contribution in [0, 0.1) is 6.92 Å². The van der Waals surface area contributed by atoms with Crippen molar-refractivity contribution < 1.29 is 14.7 Å². The average Bonchev–Trinajstić information content (AvgIpc) is 3.40. The molecule has 4 rings (SSSR count). The van der Waals surface area contributed by atoms with Crippen LogP contribution in [0.4, 0.5) is 11.8 Å². The van der Waals surface area contributed by atoms with Crippen molar-refractivity contribution in [2.24, 2.45) is 0 Å². The van der Waals surface area contributed by atoms with Gasteiger partial charge >= 0.3 is 0 Å². The van der Waals surface area contributed by atoms with Gasteiger partial charge in [0.2, 0.25) is 5.95 Å². The van der Waals surface area contributed by atoms with Crippen LogP contribution in [-0.4, -0.2) is 69.6 Å². The number of aliphatic hydroxyl groups is 1. The quantitative estimate of drug-likeness (QED) is 0.221. The summed E-state index contributed by atoms with van der Waals surface area (Å²) in [6.07, 6.45) is -0.551. The van der Waals surface area contributed by atoms with Crippen LogP contribution in [0.2, 0.25) is 0 Å². The molecule has 226 valence electrons. The van der Waals surface area contributed by atoms with Crippen LogP contribution in [0.3, 0.4) is 0 Å². The van der Waals surface area contributed by atoms with Crippen molar-refractivity contribution in [2.75, 3.05) is 31.3 Å². The first kappa shape index (κ1) is 31.6. The Kier molecular flexibility index (Phi) is 10.4. The molecule has 0 fully saturated rings. The molecule has 0 bridgehead atoms. The summed E-state index contributed by atoms with van der Waals surface area (Å²) in [5.41, 5.74) is 9.36. The largest absolute Gasteiger partial charge is 0.389 e. The van der Waals surface area contributed by atoms with Crippen LogP contribution in [0.5, 0.6) is 0 Å². The van der Waals surface area contributed by atoms with Crippen molar-refractivity contribution in [3.05, 3.63) is 99.1 Å². The molecule has 0 aliphatic carbocycles. The van der Waals surface area contributed by atoms with Gasteiger partial charge in [0, 0.05) is 48.9 Å². The Morgan fingerprint density at radius 3 is 2.40 bits per heavy atom. The van der Waals surface area contributed by atoms with Gasteiger partial charge in [0.1, 0.15) is 10.8 Å². The molecule has 2 heterocycles. The lowest BCUT2D eigenvalue weighted by molar-refractivity contribution is 0.0784. The Balaban J connectivity index is 1.50. The van der Waals surface area contributed by atoms with Crippen LogP contribution < -0.4 is 16.0 Å². The molecule has 2 aromatic carbocycles. The summed E-state index contributed by atoms with van der Waals surface area (Å²) in [5.74, 6) is 0.312. The summed E-state index contributed by atoms with van der Waals surface area (Å²) in [6, 6.07) is 17.5. The molecule has 4 aromatic rings. The Hall–Kier alpha value is -4.35. The molecule has 0 radical (unpaired) electrons. The van der Waals surface area contributed by atoms with Gasteiger partial charge in [-0.3, -0.25) is 9.59 Å². The van der Waals surface area contributed by atoms with Crippen LogP contribution >= 0.6 is 11.3 Å². The molecule has 43 heavy (non-hydrogen) atoms. The molecule has 0 aliphatic rings. The number of nitrogen functional groups attached to an aromatic ring is 1. The molecule has 0 saturated carbocycles. The number of nitrogens with two attached hydrogens (primary N) is 1. The molecule has 11 heteroatoms. The summed E-state index contributed by atoms with van der Waals surface area (Å²) in [7, 11) is 3.53. The maximum absolute atomic E-state index is 13.5. The number of hydrogen-bond acceptors (Lipinski definition) is 9. The number of nitrogens with one attached hydrogen (secondary N) is 1. The number of hydrogen-bond donors (Lipinski definition) is 3. The summed E-state index contributed by atoms with van der Waals surface area (Å²) in [6.45, 7) is 6.52. The highest BCUT2D eigenvalue weighted by Crippen LogP contribution is 2.20. The fourth-order valence-electron chi connectivity index (χ4n) is 4.63. The standard InChI is InChI=1S/C32H39N7O3S/c1-20(2)25-16-28(37-32(33)36-25)38(4)17-27(40)26(14-22-10-7-6-8-11-22)35-30(41)23-12-9-13-24(15-23)31(42)39(5)18-29-34-21(3)19-43-29/h6-13,15-16,19-20,26-27,40H,14,17-18H2,1-5H3,(H,35,41)(H2,33,36,37)/t26-,27+/m0/s1. The number of amides is 2. The zero-order valence-electron chi connectivity index (χ0n) is 25.2. The number of rotatable bonds is 12. The van der Waals surface area contributed by atoms with Crippen LogP contribution in [0.15, 0.2) is 66.0 Å². The Morgan fingerprint density at radius 1 is 1.00 bits per heavy atom. The summed E-state index contributed by atoms with van der Waals surface area (Å²) in [5, 5.41) is 17.2. The topological polar surface area (TPSA) is 138 Å². The molecular formula is C32H39N7O3S. The third-order valence-corrected chi connectivity index (χ3v) is 7.98. The second kappa shape index (κ2) is 14.2. The number of nitrogens with zero attached hydrogens (tertiary/aromatic N) is 5. The highest BCUT2D eigenvalue weighted by atomic mass is 32.1. The molecule has 0 aliphatic heterocycles. The van der Waals surface area contributed by atoms with E-state index in [4.69, 9.17) is 5.73 Å². The summed E-state index contributed by atoms with van der Waals surface area (Å²) in [4.78, 5) is 43.1. The monoisotopic (exact) mass is 601 g/mol. The van der Waals surface area contributed by atoms with Gasteiger partial charge in [-0.2, -0.15) is 4.98 Å². The van der Waals surface area contributed by atoms with E-state index < -0.39 is 12.1 Å². The number of aryl methyl sites for hydroxylation is 1. The van der Waals surface area contributed by atoms with Gasteiger partial charge in [-0.25, -0.2) is 9.97 Å². The SMILES string of the molecule is Cc1csc(CN(C)C(=O)c2cccc(C(=O)N[C@@H](Cc3ccccc3)[C@H](O)CN(C)c3cc(C(C)C)nc(N)n3)c2)n1. The van der Waals surface area contributed by atoms with Gasteiger partial charge in [-0.15, -0.1) is 11.3 Å². The molecule has 2 amide bonds. The number of likely N-dealkylation sites (N-methyl/N-ethyl adjacent to an activating group) is 1. The number of aliphatic hydroxyl groups excluding tert-OH is 1. The zero-order valence-corrected chi connectivity index (χ0v) is 26.0. The Morgan fingerprint density at radius 2 is 1.72 bits per heavy atom. The number of carbonyl (C=O) groups excluding carboxylic acids is 2. The summed E-state index contributed by atoms with van der Waals surface area (Å²) < 4.78 is 0. The minimum absolute atomic E-state index is 0.159. The molecule has 2 atom stereocenters. The van der Waals surface area contributed by atoms with Crippen molar-refractivity contribution in [3.8, 4) is 0 Å². The van der Waals surface area contributed by atoms with E-state index >= 15 is 0 Å². The zero-order chi connectivity index (χ0) is 31.1. The van der Waals surface area contributed by atoms with E-state index in [1.165, 1.54) is 11.3 Å². The van der Waals surface area contributed by atoms with Gasteiger partial charge in [-0.05, 0) is 43.0 Å². The third-order valence-electron chi connectivity index (χ3n) is 7.03. The fourth-order valence-corrected chi connectivity index (χ4v) is 5.46. The van der Waals surface area contributed by atoms with Gasteiger partial charge in [0.25, 0.3) is 11.8 Å². The third kappa shape index (κ3) is 8.59. The fraction of sp³-hybridized carbons (Fsp3) is 0.344. The molecule has 10 nitrogen and oxygen atoms in total. The number of aromatic nitrogens is 3. The Labute approximate surface area is 256 Å². The number of anilines is 2. The van der Waals surface area contributed by atoms with E-state index in [0.717, 1.165) is 22.0 Å². The summed E-state index contributed by atoms with van der Waals surface area (Å²) >= 11 is 1.50. The highest BCUT2D eigenvalue weighted by molar-refractivity contribution is 7.09. The number of benzene rings is 2. The lowest BCUT2D eigenvalue weighted by atomic mass is 10.00. The minimum atomic E-state index is -0.953. The highest BCUT2D eigenvalue weighted by Gasteiger charge is 2.25. The predicted molar refractivity (Wildman–Crippen MR) is 170 cm³/mol. The first-order valence-electron chi connectivity index (χ1n) is 14.1. The maximum atomic E-state index is 13.5. The van der Waals surface area contributed by atoms with E-state index in [2.05, 4.69) is 20.3 Å². The normalized spacial score (nSPS) is 12.5. The maximum Gasteiger partial charge on any atom is 0.253 e. The van der Waals surface area contributed by atoms with Crippen LogP contribution in [0.25, 0.3) is 0 Å². The van der Waals surface area contributed by atoms with Crippen molar-refractivity contribution in [1.29, 1.82) is 0 Å². The average molecular weight is 602 g/mol. The van der Waals surface area contributed by atoms with E-state index in [1.54, 1.807) is 41.1 Å². The van der Waals surface area contributed by atoms with Crippen molar-refractivity contribution in [3.63, 3.8) is 0 Å². The molecular weight excluding hydrogens is 562 g/mol. The van der Waals surface area contributed by atoms with E-state index in [1.807, 2.05) is 69.6 Å². The predicted octanol–water partition coefficient (Wildman–Crippen LogP) is 4.06. The first-order valence-corrected chi connectivity index (χ1v) is 15.0. The first-order chi connectivity index (χ1) is 20.5. The van der Waals surface area contributed by atoms with Crippen LogP contribution in [0.1, 0.15) is 62.4 Å².